The molecule has 0 radical (unpaired) electrons. The lowest BCUT2D eigenvalue weighted by atomic mass is 9.95. The zero-order valence-electron chi connectivity index (χ0n) is 11.8. The Morgan fingerprint density at radius 3 is 2.90 bits per heavy atom. The number of rotatable bonds is 7. The number of carbonyl (C=O) groups is 1. The topological polar surface area (TPSA) is 82.8 Å². The lowest BCUT2D eigenvalue weighted by Gasteiger charge is -2.25. The fraction of sp³-hybridized carbons (Fsp3) is 0.500. The minimum absolute atomic E-state index is 0.248. The van der Waals surface area contributed by atoms with Gasteiger partial charge in [-0.3, -0.25) is 4.79 Å². The van der Waals surface area contributed by atoms with Crippen molar-refractivity contribution in [3.63, 3.8) is 0 Å². The third kappa shape index (κ3) is 3.14. The minimum atomic E-state index is -0.696. The monoisotopic (exact) mass is 280 g/mol. The van der Waals surface area contributed by atoms with E-state index < -0.39 is 5.54 Å². The smallest absolute Gasteiger partial charge is 0.237 e. The Morgan fingerprint density at radius 2 is 2.20 bits per heavy atom. The van der Waals surface area contributed by atoms with E-state index >= 15 is 0 Å². The van der Waals surface area contributed by atoms with E-state index in [0.29, 0.717) is 25.2 Å². The Labute approximate surface area is 118 Å². The lowest BCUT2D eigenvalue weighted by molar-refractivity contribution is -0.123. The number of amides is 1. The quantitative estimate of drug-likeness (QED) is 0.729. The highest BCUT2D eigenvalue weighted by Gasteiger charge is 2.28. The molecule has 1 unspecified atom stereocenters. The van der Waals surface area contributed by atoms with Crippen molar-refractivity contribution in [3.05, 3.63) is 18.2 Å². The van der Waals surface area contributed by atoms with Crippen LogP contribution in [0.5, 0.6) is 17.2 Å². The molecule has 110 valence electrons. The maximum Gasteiger partial charge on any atom is 0.237 e. The molecule has 1 amide bonds. The van der Waals surface area contributed by atoms with Crippen LogP contribution in [0.15, 0.2) is 18.2 Å². The highest BCUT2D eigenvalue weighted by Crippen LogP contribution is 2.35. The fourth-order valence-corrected chi connectivity index (χ4v) is 1.95. The number of nitrogens with one attached hydrogen (secondary N) is 1. The molecule has 20 heavy (non-hydrogen) atoms. The Morgan fingerprint density at radius 1 is 1.45 bits per heavy atom. The van der Waals surface area contributed by atoms with Crippen LogP contribution >= 0.6 is 0 Å². The van der Waals surface area contributed by atoms with Crippen LogP contribution in [0, 0.1) is 0 Å². The Kier molecular flexibility index (Phi) is 4.34. The summed E-state index contributed by atoms with van der Waals surface area (Å²) in [5.74, 6) is 1.79. The number of likely N-dealkylation sites (N-methyl/N-ethyl adjacent to an activating group) is 1. The maximum atomic E-state index is 11.3. The van der Waals surface area contributed by atoms with Crippen molar-refractivity contribution in [3.8, 4) is 17.2 Å². The van der Waals surface area contributed by atoms with Crippen LogP contribution in [0.3, 0.4) is 0 Å². The molecule has 0 fully saturated rings. The summed E-state index contributed by atoms with van der Waals surface area (Å²) in [6.45, 7) is 2.54. The van der Waals surface area contributed by atoms with Crippen LogP contribution in [-0.2, 0) is 4.79 Å². The number of benzene rings is 1. The third-order valence-corrected chi connectivity index (χ3v) is 3.53. The number of hydrogen-bond donors (Lipinski definition) is 2. The first-order valence-electron chi connectivity index (χ1n) is 6.56. The number of ether oxygens (including phenoxy) is 3. The van der Waals surface area contributed by atoms with Gasteiger partial charge in [0, 0.05) is 6.07 Å². The van der Waals surface area contributed by atoms with Gasteiger partial charge in [-0.15, -0.1) is 0 Å². The predicted molar refractivity (Wildman–Crippen MR) is 74.0 cm³/mol. The molecule has 1 aliphatic heterocycles. The van der Waals surface area contributed by atoms with Crippen LogP contribution in [0.4, 0.5) is 0 Å². The number of carbonyl (C=O) groups excluding carboxylic acids is 1. The highest BCUT2D eigenvalue weighted by atomic mass is 16.7. The second-order valence-electron chi connectivity index (χ2n) is 4.91. The van der Waals surface area contributed by atoms with Crippen molar-refractivity contribution in [2.45, 2.75) is 25.3 Å². The first-order chi connectivity index (χ1) is 9.55. The van der Waals surface area contributed by atoms with Crippen LogP contribution in [-0.4, -0.2) is 31.9 Å². The Hall–Kier alpha value is -1.95. The van der Waals surface area contributed by atoms with E-state index in [0.717, 1.165) is 11.5 Å². The summed E-state index contributed by atoms with van der Waals surface area (Å²) in [7, 11) is 1.73. The second kappa shape index (κ2) is 6.00. The number of primary amides is 1. The normalized spacial score (nSPS) is 15.7. The molecule has 1 atom stereocenters. The molecule has 6 heteroatoms. The van der Waals surface area contributed by atoms with Gasteiger partial charge in [-0.1, -0.05) is 0 Å². The summed E-state index contributed by atoms with van der Waals surface area (Å²) in [6.07, 6.45) is 1.33. The third-order valence-electron chi connectivity index (χ3n) is 3.53. The van der Waals surface area contributed by atoms with Gasteiger partial charge in [-0.05, 0) is 38.9 Å². The lowest BCUT2D eigenvalue weighted by Crippen LogP contribution is -2.51. The van der Waals surface area contributed by atoms with Crippen LogP contribution < -0.4 is 25.3 Å². The maximum absolute atomic E-state index is 11.3. The van der Waals surface area contributed by atoms with Crippen molar-refractivity contribution < 1.29 is 19.0 Å². The van der Waals surface area contributed by atoms with Gasteiger partial charge in [0.05, 0.1) is 12.1 Å². The average Bonchev–Trinajstić information content (AvgIpc) is 2.90. The molecule has 1 aliphatic rings. The molecule has 1 heterocycles. The molecule has 0 aromatic heterocycles. The zero-order valence-corrected chi connectivity index (χ0v) is 11.8. The Bertz CT molecular complexity index is 492. The molecule has 0 saturated heterocycles. The summed E-state index contributed by atoms with van der Waals surface area (Å²) < 4.78 is 16.1. The van der Waals surface area contributed by atoms with Gasteiger partial charge < -0.3 is 25.3 Å². The van der Waals surface area contributed by atoms with E-state index in [1.54, 1.807) is 20.0 Å². The molecular formula is C14H20N2O4. The van der Waals surface area contributed by atoms with Crippen molar-refractivity contribution in [1.82, 2.24) is 5.32 Å². The first-order valence-corrected chi connectivity index (χ1v) is 6.56. The summed E-state index contributed by atoms with van der Waals surface area (Å²) in [5.41, 5.74) is 4.67. The summed E-state index contributed by atoms with van der Waals surface area (Å²) in [4.78, 5) is 11.3. The first kappa shape index (κ1) is 14.5. The van der Waals surface area contributed by atoms with Gasteiger partial charge in [0.2, 0.25) is 12.7 Å². The molecular weight excluding hydrogens is 260 g/mol. The van der Waals surface area contributed by atoms with Crippen LogP contribution in [0.25, 0.3) is 0 Å². The van der Waals surface area contributed by atoms with Crippen molar-refractivity contribution >= 4 is 5.91 Å². The van der Waals surface area contributed by atoms with Gasteiger partial charge in [0.1, 0.15) is 5.75 Å². The molecule has 0 bridgehead atoms. The van der Waals surface area contributed by atoms with E-state index in [1.807, 2.05) is 12.1 Å². The molecule has 3 N–H and O–H groups in total. The van der Waals surface area contributed by atoms with Crippen molar-refractivity contribution in [2.75, 3.05) is 20.4 Å². The summed E-state index contributed by atoms with van der Waals surface area (Å²) >= 11 is 0. The minimum Gasteiger partial charge on any atom is -0.493 e. The predicted octanol–water partition coefficient (Wildman–Crippen LogP) is 1.04. The molecule has 0 aliphatic carbocycles. The number of hydrogen-bond acceptors (Lipinski definition) is 5. The van der Waals surface area contributed by atoms with Crippen LogP contribution in [0.2, 0.25) is 0 Å². The second-order valence-corrected chi connectivity index (χ2v) is 4.91. The molecule has 1 aromatic carbocycles. The van der Waals surface area contributed by atoms with Crippen molar-refractivity contribution in [1.29, 1.82) is 0 Å². The van der Waals surface area contributed by atoms with E-state index in [-0.39, 0.29) is 12.7 Å². The molecule has 2 rings (SSSR count). The number of fused-ring (bicyclic) bond motifs is 1. The van der Waals surface area contributed by atoms with E-state index in [4.69, 9.17) is 19.9 Å². The molecule has 1 aromatic rings. The SMILES string of the molecule is CNC(C)(CCCOc1ccc2c(c1)OCO2)C(N)=O. The molecule has 0 spiro atoms. The van der Waals surface area contributed by atoms with E-state index in [2.05, 4.69) is 5.32 Å². The van der Waals surface area contributed by atoms with E-state index in [1.165, 1.54) is 0 Å². The fourth-order valence-electron chi connectivity index (χ4n) is 1.95. The van der Waals surface area contributed by atoms with Crippen molar-refractivity contribution in [2.24, 2.45) is 5.73 Å². The van der Waals surface area contributed by atoms with Gasteiger partial charge in [-0.25, -0.2) is 0 Å². The average molecular weight is 280 g/mol. The van der Waals surface area contributed by atoms with Gasteiger partial charge in [0.25, 0.3) is 0 Å². The van der Waals surface area contributed by atoms with Gasteiger partial charge >= 0.3 is 0 Å². The largest absolute Gasteiger partial charge is 0.493 e. The molecule has 0 saturated carbocycles. The summed E-state index contributed by atoms with van der Waals surface area (Å²) in [5, 5.41) is 2.94. The highest BCUT2D eigenvalue weighted by molar-refractivity contribution is 5.84. The molecule has 6 nitrogen and oxygen atoms in total. The number of nitrogens with two attached hydrogens (primary N) is 1. The zero-order chi connectivity index (χ0) is 14.6. The summed E-state index contributed by atoms with van der Waals surface area (Å²) in [6, 6.07) is 5.45. The van der Waals surface area contributed by atoms with Gasteiger partial charge in [-0.2, -0.15) is 0 Å². The van der Waals surface area contributed by atoms with Gasteiger partial charge in [0.15, 0.2) is 11.5 Å². The van der Waals surface area contributed by atoms with Crippen LogP contribution in [0.1, 0.15) is 19.8 Å². The standard InChI is InChI=1S/C14H20N2O4/c1-14(16-2,13(15)17)6-3-7-18-10-4-5-11-12(8-10)20-9-19-11/h4-5,8,16H,3,6-7,9H2,1-2H3,(H2,15,17). The van der Waals surface area contributed by atoms with E-state index in [9.17, 15) is 4.79 Å². The Balaban J connectivity index is 1.80.